The molecule has 3 aliphatic rings. The molecule has 0 aromatic heterocycles. The summed E-state index contributed by atoms with van der Waals surface area (Å²) in [6, 6.07) is 0. The fraction of sp³-hybridized carbons (Fsp3) is 0.875. The molecule has 3 rings (SSSR count). The molecule has 3 heteroatoms. The second kappa shape index (κ2) is 4.34. The molecule has 2 nitrogen and oxygen atoms in total. The lowest BCUT2D eigenvalue weighted by Gasteiger charge is -2.35. The largest absolute Gasteiger partial charge is 0.271 e. The molecule has 0 unspecified atom stereocenters. The number of amides is 1. The third kappa shape index (κ3) is 2.18. The van der Waals surface area contributed by atoms with Gasteiger partial charge in [-0.05, 0) is 55.8 Å². The van der Waals surface area contributed by atoms with Crippen LogP contribution in [0.5, 0.6) is 0 Å². The van der Waals surface area contributed by atoms with Crippen molar-refractivity contribution in [2.45, 2.75) is 64.5 Å². The van der Waals surface area contributed by atoms with Crippen molar-refractivity contribution < 1.29 is 4.79 Å². The summed E-state index contributed by atoms with van der Waals surface area (Å²) in [6.07, 6.45) is 6.73. The molecule has 0 radical (unpaired) electrons. The van der Waals surface area contributed by atoms with E-state index in [1.165, 1.54) is 25.7 Å². The van der Waals surface area contributed by atoms with Crippen LogP contribution in [0.2, 0.25) is 0 Å². The van der Waals surface area contributed by atoms with Crippen molar-refractivity contribution in [1.29, 1.82) is 0 Å². The Bertz CT molecular complexity index is 437. The Morgan fingerprint density at radius 3 is 2.53 bits per heavy atom. The summed E-state index contributed by atoms with van der Waals surface area (Å²) < 4.78 is -0.361. The normalized spacial score (nSPS) is 42.0. The second-order valence-corrected chi connectivity index (χ2v) is 9.33. The number of fused-ring (bicyclic) bond motifs is 2. The average molecular weight is 279 g/mol. The van der Waals surface area contributed by atoms with Gasteiger partial charge in [-0.2, -0.15) is 0 Å². The van der Waals surface area contributed by atoms with Gasteiger partial charge in [0.15, 0.2) is 0 Å². The molecule has 19 heavy (non-hydrogen) atoms. The highest BCUT2D eigenvalue weighted by Gasteiger charge is 2.50. The third-order valence-corrected chi connectivity index (χ3v) is 7.40. The van der Waals surface area contributed by atoms with Crippen LogP contribution in [0.15, 0.2) is 4.99 Å². The summed E-state index contributed by atoms with van der Waals surface area (Å²) in [7, 11) is 0. The van der Waals surface area contributed by atoms with E-state index in [4.69, 9.17) is 0 Å². The molecule has 1 heterocycles. The van der Waals surface area contributed by atoms with Crippen LogP contribution in [0.1, 0.15) is 59.8 Å². The van der Waals surface area contributed by atoms with Gasteiger partial charge in [-0.1, -0.05) is 39.0 Å². The number of carbonyl (C=O) groups is 1. The molecule has 2 fully saturated rings. The van der Waals surface area contributed by atoms with Gasteiger partial charge in [-0.25, -0.2) is 4.99 Å². The quantitative estimate of drug-likeness (QED) is 0.754. The molecule has 2 bridgehead atoms. The number of aliphatic imine (C=N–C) groups is 1. The fourth-order valence-corrected chi connectivity index (χ4v) is 5.27. The summed E-state index contributed by atoms with van der Waals surface area (Å²) in [5.41, 5.74) is -0.0331. The zero-order chi connectivity index (χ0) is 13.8. The van der Waals surface area contributed by atoms with Crippen molar-refractivity contribution >= 4 is 22.7 Å². The van der Waals surface area contributed by atoms with Crippen molar-refractivity contribution in [1.82, 2.24) is 0 Å². The molecule has 1 aliphatic heterocycles. The Kier molecular flexibility index (Phi) is 3.12. The highest BCUT2D eigenvalue weighted by atomic mass is 32.2. The maximum absolute atomic E-state index is 12.3. The molecule has 0 aromatic carbocycles. The molecular weight excluding hydrogens is 254 g/mol. The summed E-state index contributed by atoms with van der Waals surface area (Å²) in [5, 5.41) is 1.11. The third-order valence-electron chi connectivity index (χ3n) is 5.71. The molecule has 2 aliphatic carbocycles. The lowest BCUT2D eigenvalue weighted by atomic mass is 9.80. The Hall–Kier alpha value is -0.310. The number of nitrogens with zero attached hydrogens (tertiary/aromatic N) is 1. The molecular formula is C16H25NOS. The molecule has 2 saturated carbocycles. The van der Waals surface area contributed by atoms with Crippen LogP contribution >= 0.6 is 11.8 Å². The van der Waals surface area contributed by atoms with E-state index in [9.17, 15) is 4.79 Å². The minimum atomic E-state index is -0.361. The standard InChI is InChI=1S/C16H25NOS/c1-15(2,3)16(4)14(18)17-13(19-16)9-12-8-10-5-6-11(12)7-10/h10-12H,5-9H2,1-4H3/t10-,11+,12-,16-/m1/s1. The number of hydrogen-bond donors (Lipinski definition) is 0. The number of rotatable bonds is 2. The van der Waals surface area contributed by atoms with Crippen LogP contribution < -0.4 is 0 Å². The maximum atomic E-state index is 12.3. The van der Waals surface area contributed by atoms with E-state index in [1.54, 1.807) is 11.8 Å². The molecule has 0 N–H and O–H groups in total. The average Bonchev–Trinajstić information content (AvgIpc) is 2.94. The first-order valence-corrected chi connectivity index (χ1v) is 8.42. The predicted octanol–water partition coefficient (Wildman–Crippen LogP) is 4.29. The van der Waals surface area contributed by atoms with Crippen molar-refractivity contribution in [3.63, 3.8) is 0 Å². The number of thioether (sulfide) groups is 1. The first kappa shape index (κ1) is 13.7. The number of carbonyl (C=O) groups excluding carboxylic acids is 1. The number of hydrogen-bond acceptors (Lipinski definition) is 2. The summed E-state index contributed by atoms with van der Waals surface area (Å²) in [5.74, 6) is 2.79. The van der Waals surface area contributed by atoms with E-state index in [1.807, 2.05) is 0 Å². The lowest BCUT2D eigenvalue weighted by Crippen LogP contribution is -2.41. The van der Waals surface area contributed by atoms with Crippen LogP contribution in [-0.4, -0.2) is 15.7 Å². The van der Waals surface area contributed by atoms with E-state index < -0.39 is 0 Å². The lowest BCUT2D eigenvalue weighted by molar-refractivity contribution is -0.121. The Labute approximate surface area is 120 Å². The second-order valence-electron chi connectivity index (χ2n) is 7.84. The van der Waals surface area contributed by atoms with E-state index in [-0.39, 0.29) is 16.1 Å². The van der Waals surface area contributed by atoms with Crippen molar-refractivity contribution in [2.24, 2.45) is 28.2 Å². The van der Waals surface area contributed by atoms with Gasteiger partial charge in [0.1, 0.15) is 4.75 Å². The van der Waals surface area contributed by atoms with Crippen molar-refractivity contribution in [2.75, 3.05) is 0 Å². The smallest absolute Gasteiger partial charge is 0.263 e. The zero-order valence-electron chi connectivity index (χ0n) is 12.5. The van der Waals surface area contributed by atoms with Gasteiger partial charge in [-0.15, -0.1) is 0 Å². The first-order chi connectivity index (χ1) is 8.79. The Morgan fingerprint density at radius 1 is 1.32 bits per heavy atom. The molecule has 0 saturated heterocycles. The maximum Gasteiger partial charge on any atom is 0.263 e. The zero-order valence-corrected chi connectivity index (χ0v) is 13.3. The van der Waals surface area contributed by atoms with E-state index in [0.717, 1.165) is 29.2 Å². The summed E-state index contributed by atoms with van der Waals surface area (Å²) in [4.78, 5) is 16.7. The molecule has 1 amide bonds. The monoisotopic (exact) mass is 279 g/mol. The highest BCUT2D eigenvalue weighted by molar-refractivity contribution is 8.16. The van der Waals surface area contributed by atoms with Gasteiger partial charge >= 0.3 is 0 Å². The summed E-state index contributed by atoms with van der Waals surface area (Å²) >= 11 is 1.74. The molecule has 0 spiro atoms. The SMILES string of the molecule is CC(C)(C)[C@]1(C)SC(C[C@H]2C[C@@H]3CC[C@H]2C3)=NC1=O. The van der Waals surface area contributed by atoms with Crippen LogP contribution in [-0.2, 0) is 4.79 Å². The van der Waals surface area contributed by atoms with Crippen molar-refractivity contribution in [3.8, 4) is 0 Å². The van der Waals surface area contributed by atoms with Gasteiger partial charge in [0, 0.05) is 0 Å². The predicted molar refractivity (Wildman–Crippen MR) is 81.4 cm³/mol. The van der Waals surface area contributed by atoms with Crippen LogP contribution in [0, 0.1) is 23.2 Å². The van der Waals surface area contributed by atoms with Gasteiger partial charge in [0.05, 0.1) is 5.04 Å². The van der Waals surface area contributed by atoms with Gasteiger partial charge in [0.2, 0.25) is 0 Å². The minimum absolute atomic E-state index is 0.0331. The van der Waals surface area contributed by atoms with Crippen LogP contribution in [0.3, 0.4) is 0 Å². The van der Waals surface area contributed by atoms with E-state index >= 15 is 0 Å². The van der Waals surface area contributed by atoms with Crippen molar-refractivity contribution in [3.05, 3.63) is 0 Å². The molecule has 106 valence electrons. The topological polar surface area (TPSA) is 29.4 Å². The summed E-state index contributed by atoms with van der Waals surface area (Å²) in [6.45, 7) is 8.51. The first-order valence-electron chi connectivity index (χ1n) is 7.60. The molecule has 0 aromatic rings. The minimum Gasteiger partial charge on any atom is -0.271 e. The van der Waals surface area contributed by atoms with Gasteiger partial charge in [0.25, 0.3) is 5.91 Å². The van der Waals surface area contributed by atoms with Crippen LogP contribution in [0.4, 0.5) is 0 Å². The van der Waals surface area contributed by atoms with Gasteiger partial charge < -0.3 is 0 Å². The fourth-order valence-electron chi connectivity index (χ4n) is 3.93. The van der Waals surface area contributed by atoms with E-state index in [0.29, 0.717) is 0 Å². The molecule has 4 atom stereocenters. The Balaban J connectivity index is 1.68. The Morgan fingerprint density at radius 2 is 2.05 bits per heavy atom. The van der Waals surface area contributed by atoms with E-state index in [2.05, 4.69) is 32.7 Å². The highest BCUT2D eigenvalue weighted by Crippen LogP contribution is 2.53. The van der Waals surface area contributed by atoms with Gasteiger partial charge in [-0.3, -0.25) is 4.79 Å². The van der Waals surface area contributed by atoms with Crippen LogP contribution in [0.25, 0.3) is 0 Å².